The number of piperidine rings is 1. The second-order valence-corrected chi connectivity index (χ2v) is 15.3. The molecule has 1 aliphatic heterocycles. The van der Waals surface area contributed by atoms with Gasteiger partial charge in [0, 0.05) is 31.1 Å². The highest BCUT2D eigenvalue weighted by atomic mass is 35.5. The van der Waals surface area contributed by atoms with Crippen molar-refractivity contribution in [1.29, 1.82) is 0 Å². The van der Waals surface area contributed by atoms with E-state index in [1.54, 1.807) is 32.9 Å². The van der Waals surface area contributed by atoms with Crippen molar-refractivity contribution in [2.24, 2.45) is 23.0 Å². The molecule has 3 aromatic rings. The minimum Gasteiger partial charge on any atom is -0.368 e. The zero-order chi connectivity index (χ0) is 39.0. The van der Waals surface area contributed by atoms with E-state index in [9.17, 15) is 40.7 Å². The number of primary amides is 1. The molecule has 19 heteroatoms. The van der Waals surface area contributed by atoms with Crippen LogP contribution in [0, 0.1) is 17.3 Å². The summed E-state index contributed by atoms with van der Waals surface area (Å²) >= 11 is 13.3. The Balaban J connectivity index is 1.53. The standard InChI is InChI=1S/C34H40Cl2F6N8O3/c1-32(2,3)30(53)44-15-17-4-9-22(35)26(25(17)36)47-31-46-23-14-21(29(52)45-20-7-5-18(6-8-20)33(37,38)39)27(48-28(23)50(31)16-24(43)51)49-12-10-19(11-13-49)34(40,41)42/h4,9,14,18-20H,5-8,10-13,15-16H2,1-3H3,(H2,43,51)(H,44,53)(H,45,52)(H,46,47)/t18-,20-. The summed E-state index contributed by atoms with van der Waals surface area (Å²) in [6.45, 7) is 4.66. The minimum absolute atomic E-state index is 0.0178. The van der Waals surface area contributed by atoms with E-state index in [0.29, 0.717) is 5.56 Å². The van der Waals surface area contributed by atoms with Gasteiger partial charge in [0.25, 0.3) is 5.91 Å². The van der Waals surface area contributed by atoms with E-state index in [1.165, 1.54) is 15.5 Å². The number of amides is 3. The number of aromatic nitrogens is 3. The molecule has 0 spiro atoms. The second-order valence-electron chi connectivity index (χ2n) is 14.5. The Kier molecular flexibility index (Phi) is 11.7. The van der Waals surface area contributed by atoms with Gasteiger partial charge < -0.3 is 26.6 Å². The van der Waals surface area contributed by atoms with Crippen molar-refractivity contribution in [2.45, 2.75) is 90.8 Å². The summed E-state index contributed by atoms with van der Waals surface area (Å²) in [5.74, 6) is -4.72. The molecule has 1 aliphatic carbocycles. The molecule has 290 valence electrons. The van der Waals surface area contributed by atoms with Crippen LogP contribution in [-0.2, 0) is 22.7 Å². The number of carbonyl (C=O) groups is 3. The van der Waals surface area contributed by atoms with Crippen LogP contribution in [0.1, 0.15) is 75.2 Å². The zero-order valence-electron chi connectivity index (χ0n) is 29.1. The van der Waals surface area contributed by atoms with Crippen molar-refractivity contribution in [2.75, 3.05) is 23.3 Å². The maximum atomic E-state index is 13.8. The van der Waals surface area contributed by atoms with E-state index in [1.807, 2.05) is 0 Å². The largest absolute Gasteiger partial charge is 0.391 e. The molecular weight excluding hydrogens is 753 g/mol. The number of nitrogens with two attached hydrogens (primary N) is 1. The summed E-state index contributed by atoms with van der Waals surface area (Å²) in [7, 11) is 0. The SMILES string of the molecule is CC(C)(C)C(=O)NCc1ccc(Cl)c(Nc2nc3cc(C(=O)N[C@H]4CC[C@H](C(F)(F)F)CC4)c(N4CCC(C(F)(F)F)CC4)nc3n2CC(N)=O)c1Cl. The third kappa shape index (κ3) is 9.39. The number of nitrogens with one attached hydrogen (secondary N) is 3. The number of rotatable bonds is 9. The Morgan fingerprint density at radius 1 is 0.906 bits per heavy atom. The van der Waals surface area contributed by atoms with Gasteiger partial charge in [-0.1, -0.05) is 50.0 Å². The lowest BCUT2D eigenvalue weighted by molar-refractivity contribution is -0.182. The first kappa shape index (κ1) is 40.2. The van der Waals surface area contributed by atoms with Gasteiger partial charge in [0.05, 0.1) is 33.1 Å². The molecule has 2 aliphatic rings. The number of carbonyl (C=O) groups excluding carboxylic acids is 3. The van der Waals surface area contributed by atoms with Gasteiger partial charge in [-0.3, -0.25) is 19.0 Å². The van der Waals surface area contributed by atoms with Crippen molar-refractivity contribution in [1.82, 2.24) is 25.2 Å². The van der Waals surface area contributed by atoms with Crippen LogP contribution in [0.5, 0.6) is 0 Å². The van der Waals surface area contributed by atoms with E-state index >= 15 is 0 Å². The number of halogens is 8. The second kappa shape index (κ2) is 15.4. The van der Waals surface area contributed by atoms with Gasteiger partial charge in [0.15, 0.2) is 5.65 Å². The Morgan fingerprint density at radius 2 is 1.51 bits per heavy atom. The van der Waals surface area contributed by atoms with Gasteiger partial charge in [-0.15, -0.1) is 0 Å². The molecule has 1 aromatic carbocycles. The van der Waals surface area contributed by atoms with Crippen LogP contribution in [0.25, 0.3) is 11.2 Å². The van der Waals surface area contributed by atoms with Gasteiger partial charge in [0.2, 0.25) is 17.8 Å². The smallest absolute Gasteiger partial charge is 0.368 e. The van der Waals surface area contributed by atoms with Crippen LogP contribution in [-0.4, -0.2) is 63.7 Å². The number of fused-ring (bicyclic) bond motifs is 1. The summed E-state index contributed by atoms with van der Waals surface area (Å²) in [5.41, 5.74) is 5.69. The number of anilines is 3. The predicted octanol–water partition coefficient (Wildman–Crippen LogP) is 7.26. The molecule has 5 rings (SSSR count). The third-order valence-corrected chi connectivity index (χ3v) is 10.3. The Hall–Kier alpha value is -3.99. The van der Waals surface area contributed by atoms with Crippen molar-refractivity contribution in [3.8, 4) is 0 Å². The first-order valence-electron chi connectivity index (χ1n) is 17.0. The highest BCUT2D eigenvalue weighted by molar-refractivity contribution is 6.39. The fourth-order valence-corrected chi connectivity index (χ4v) is 7.03. The van der Waals surface area contributed by atoms with Gasteiger partial charge in [-0.25, -0.2) is 9.97 Å². The van der Waals surface area contributed by atoms with Crippen LogP contribution in [0.4, 0.5) is 43.8 Å². The predicted molar refractivity (Wildman–Crippen MR) is 188 cm³/mol. The molecule has 2 aromatic heterocycles. The van der Waals surface area contributed by atoms with Crippen molar-refractivity contribution >= 4 is 69.5 Å². The van der Waals surface area contributed by atoms with Gasteiger partial charge >= 0.3 is 12.4 Å². The highest BCUT2D eigenvalue weighted by Crippen LogP contribution is 2.40. The van der Waals surface area contributed by atoms with Crippen molar-refractivity contribution in [3.05, 3.63) is 39.4 Å². The first-order chi connectivity index (χ1) is 24.6. The molecule has 2 fully saturated rings. The maximum Gasteiger partial charge on any atom is 0.391 e. The van der Waals surface area contributed by atoms with Crippen LogP contribution in [0.15, 0.2) is 18.2 Å². The molecule has 3 heterocycles. The number of imidazole rings is 1. The van der Waals surface area contributed by atoms with Crippen molar-refractivity contribution in [3.63, 3.8) is 0 Å². The van der Waals surface area contributed by atoms with Crippen molar-refractivity contribution < 1.29 is 40.7 Å². The van der Waals surface area contributed by atoms with Gasteiger partial charge in [-0.2, -0.15) is 26.3 Å². The summed E-state index contributed by atoms with van der Waals surface area (Å²) < 4.78 is 81.8. The van der Waals surface area contributed by atoms with E-state index in [-0.39, 0.29) is 108 Å². The minimum atomic E-state index is -4.41. The van der Waals surface area contributed by atoms with E-state index in [0.717, 1.165) is 0 Å². The molecular formula is C34H40Cl2F6N8O3. The summed E-state index contributed by atoms with van der Waals surface area (Å²) in [6, 6.07) is 3.96. The van der Waals surface area contributed by atoms with Crippen LogP contribution >= 0.6 is 23.2 Å². The fourth-order valence-electron chi connectivity index (χ4n) is 6.49. The number of nitrogens with zero attached hydrogens (tertiary/aromatic N) is 4. The Labute approximate surface area is 311 Å². The lowest BCUT2D eigenvalue weighted by Gasteiger charge is -2.35. The molecule has 53 heavy (non-hydrogen) atoms. The Bertz CT molecular complexity index is 1860. The molecule has 5 N–H and O–H groups in total. The normalized spacial score (nSPS) is 19.0. The summed E-state index contributed by atoms with van der Waals surface area (Å²) in [4.78, 5) is 49.4. The third-order valence-electron chi connectivity index (χ3n) is 9.57. The number of hydrogen-bond acceptors (Lipinski definition) is 7. The number of pyridine rings is 1. The molecule has 11 nitrogen and oxygen atoms in total. The molecule has 3 amide bonds. The maximum absolute atomic E-state index is 13.8. The molecule has 1 saturated heterocycles. The molecule has 0 bridgehead atoms. The number of hydrogen-bond donors (Lipinski definition) is 4. The lowest BCUT2D eigenvalue weighted by Crippen LogP contribution is -2.42. The lowest BCUT2D eigenvalue weighted by atomic mass is 9.85. The van der Waals surface area contributed by atoms with E-state index in [4.69, 9.17) is 28.9 Å². The van der Waals surface area contributed by atoms with E-state index in [2.05, 4.69) is 25.9 Å². The topological polar surface area (TPSA) is 147 Å². The summed E-state index contributed by atoms with van der Waals surface area (Å²) in [5, 5.41) is 8.89. The monoisotopic (exact) mass is 792 g/mol. The van der Waals surface area contributed by atoms with E-state index < -0.39 is 54.0 Å². The van der Waals surface area contributed by atoms with Crippen LogP contribution < -0.4 is 26.6 Å². The summed E-state index contributed by atoms with van der Waals surface area (Å²) in [6.07, 6.45) is -9.42. The van der Waals surface area contributed by atoms with Crippen LogP contribution in [0.2, 0.25) is 10.0 Å². The molecule has 1 saturated carbocycles. The zero-order valence-corrected chi connectivity index (χ0v) is 30.7. The molecule has 0 atom stereocenters. The number of alkyl halides is 6. The van der Waals surface area contributed by atoms with Gasteiger partial charge in [-0.05, 0) is 56.2 Å². The fraction of sp³-hybridized carbons (Fsp3) is 0.559. The quantitative estimate of drug-likeness (QED) is 0.167. The van der Waals surface area contributed by atoms with Gasteiger partial charge in [0.1, 0.15) is 17.9 Å². The highest BCUT2D eigenvalue weighted by Gasteiger charge is 2.43. The molecule has 0 radical (unpaired) electrons. The average Bonchev–Trinajstić information content (AvgIpc) is 3.39. The average molecular weight is 794 g/mol. The number of benzene rings is 1. The molecule has 0 unspecified atom stereocenters. The first-order valence-corrected chi connectivity index (χ1v) is 17.8. The van der Waals surface area contributed by atoms with Crippen LogP contribution in [0.3, 0.4) is 0 Å². The Morgan fingerprint density at radius 3 is 2.08 bits per heavy atom.